The van der Waals surface area contributed by atoms with Crippen LogP contribution in [0.4, 0.5) is 0 Å². The Kier molecular flexibility index (Phi) is 14.5. The van der Waals surface area contributed by atoms with E-state index in [0.29, 0.717) is 64.8 Å². The molecule has 0 aromatic heterocycles. The third kappa shape index (κ3) is 15.6. The van der Waals surface area contributed by atoms with Gasteiger partial charge in [-0.1, -0.05) is 26.7 Å². The number of thiol groups is 1. The number of carbonyl (C=O) groups excluding carboxylic acids is 2. The van der Waals surface area contributed by atoms with Crippen molar-refractivity contribution in [2.45, 2.75) is 26.7 Å². The van der Waals surface area contributed by atoms with Crippen molar-refractivity contribution in [3.05, 3.63) is 0 Å². The number of nitrogens with one attached hydrogen (secondary N) is 3. The summed E-state index contributed by atoms with van der Waals surface area (Å²) < 4.78 is 13.2. The van der Waals surface area contributed by atoms with Crippen LogP contribution in [0.25, 0.3) is 0 Å². The molecule has 0 atom stereocenters. The van der Waals surface area contributed by atoms with E-state index in [4.69, 9.17) is 9.47 Å². The molecule has 2 amide bonds. The summed E-state index contributed by atoms with van der Waals surface area (Å²) >= 11 is 3.82. The van der Waals surface area contributed by atoms with Crippen LogP contribution in [0, 0.1) is 5.92 Å². The fraction of sp³-hybridized carbons (Fsp3) is 0.857. The lowest BCUT2D eigenvalue weighted by atomic mass is 10.2. The minimum atomic E-state index is -0.0721. The standard InChI is InChI=1S/C14H29N3O4S/c1-12(2)11-16-14(19)4-8-20-9-5-15-13(18)3-7-21-10-6-17-22/h12,17,22H,3-11H2,1-2H3,(H,15,18)(H,16,19). The molecule has 0 aliphatic carbocycles. The minimum absolute atomic E-state index is 0.00872. The number of ether oxygens (including phenoxy) is 2. The zero-order valence-electron chi connectivity index (χ0n) is 13.5. The lowest BCUT2D eigenvalue weighted by molar-refractivity contribution is -0.123. The molecule has 0 fully saturated rings. The van der Waals surface area contributed by atoms with E-state index in [1.807, 2.05) is 13.8 Å². The zero-order chi connectivity index (χ0) is 16.6. The molecule has 130 valence electrons. The SMILES string of the molecule is CC(C)CNC(=O)CCOCCNC(=O)CCOCCNS. The summed E-state index contributed by atoms with van der Waals surface area (Å²) in [6.45, 7) is 7.52. The molecular weight excluding hydrogens is 306 g/mol. The molecule has 0 aliphatic heterocycles. The maximum absolute atomic E-state index is 11.4. The lowest BCUT2D eigenvalue weighted by Crippen LogP contribution is -2.30. The summed E-state index contributed by atoms with van der Waals surface area (Å²) in [5, 5.41) is 5.54. The van der Waals surface area contributed by atoms with Gasteiger partial charge < -0.3 is 20.1 Å². The van der Waals surface area contributed by atoms with Crippen LogP contribution >= 0.6 is 12.8 Å². The van der Waals surface area contributed by atoms with Gasteiger partial charge in [0, 0.05) is 32.5 Å². The average Bonchev–Trinajstić information content (AvgIpc) is 2.48. The third-order valence-corrected chi connectivity index (χ3v) is 2.80. The molecule has 7 nitrogen and oxygen atoms in total. The fourth-order valence-corrected chi connectivity index (χ4v) is 1.50. The molecule has 22 heavy (non-hydrogen) atoms. The van der Waals surface area contributed by atoms with Crippen LogP contribution in [0.2, 0.25) is 0 Å². The highest BCUT2D eigenvalue weighted by Crippen LogP contribution is 1.89. The molecule has 0 aromatic rings. The highest BCUT2D eigenvalue weighted by Gasteiger charge is 2.03. The Hall–Kier alpha value is -0.830. The van der Waals surface area contributed by atoms with Crippen molar-refractivity contribution in [3.8, 4) is 0 Å². The van der Waals surface area contributed by atoms with E-state index in [-0.39, 0.29) is 11.8 Å². The van der Waals surface area contributed by atoms with Crippen molar-refractivity contribution in [1.29, 1.82) is 0 Å². The van der Waals surface area contributed by atoms with Gasteiger partial charge in [0.1, 0.15) is 0 Å². The predicted octanol–water partition coefficient (Wildman–Crippen LogP) is 0.123. The summed E-state index contributed by atoms with van der Waals surface area (Å²) in [7, 11) is 0. The van der Waals surface area contributed by atoms with Crippen LogP contribution in [0.15, 0.2) is 0 Å². The van der Waals surface area contributed by atoms with Crippen molar-refractivity contribution in [2.75, 3.05) is 46.1 Å². The molecule has 0 bridgehead atoms. The van der Waals surface area contributed by atoms with Gasteiger partial charge in [-0.2, -0.15) is 0 Å². The van der Waals surface area contributed by atoms with E-state index in [9.17, 15) is 9.59 Å². The first-order valence-electron chi connectivity index (χ1n) is 7.62. The average molecular weight is 335 g/mol. The molecule has 3 N–H and O–H groups in total. The number of carbonyl (C=O) groups is 2. The Morgan fingerprint density at radius 1 is 0.909 bits per heavy atom. The topological polar surface area (TPSA) is 88.7 Å². The summed E-state index contributed by atoms with van der Waals surface area (Å²) in [6, 6.07) is 0. The van der Waals surface area contributed by atoms with Crippen molar-refractivity contribution in [3.63, 3.8) is 0 Å². The second kappa shape index (κ2) is 15.1. The maximum Gasteiger partial charge on any atom is 0.222 e. The van der Waals surface area contributed by atoms with Gasteiger partial charge in [0.05, 0.1) is 26.4 Å². The molecule has 0 unspecified atom stereocenters. The van der Waals surface area contributed by atoms with Gasteiger partial charge in [-0.3, -0.25) is 14.3 Å². The normalized spacial score (nSPS) is 10.7. The maximum atomic E-state index is 11.4. The third-order valence-electron chi connectivity index (χ3n) is 2.58. The molecule has 0 rings (SSSR count). The first kappa shape index (κ1) is 21.2. The Morgan fingerprint density at radius 2 is 1.45 bits per heavy atom. The van der Waals surface area contributed by atoms with Gasteiger partial charge in [0.25, 0.3) is 0 Å². The number of hydrogen-bond donors (Lipinski definition) is 4. The molecule has 0 aromatic carbocycles. The molecule has 0 saturated carbocycles. The molecule has 0 spiro atoms. The lowest BCUT2D eigenvalue weighted by Gasteiger charge is -2.08. The number of rotatable bonds is 14. The van der Waals surface area contributed by atoms with E-state index < -0.39 is 0 Å². The summed E-state index contributed by atoms with van der Waals surface area (Å²) in [6.07, 6.45) is 0.665. The van der Waals surface area contributed by atoms with Crippen LogP contribution in [0.5, 0.6) is 0 Å². The largest absolute Gasteiger partial charge is 0.380 e. The Labute approximate surface area is 138 Å². The second-order valence-electron chi connectivity index (χ2n) is 5.18. The van der Waals surface area contributed by atoms with Crippen molar-refractivity contribution < 1.29 is 19.1 Å². The minimum Gasteiger partial charge on any atom is -0.380 e. The fourth-order valence-electron chi connectivity index (χ4n) is 1.41. The molecule has 0 saturated heterocycles. The first-order chi connectivity index (χ1) is 10.6. The van der Waals surface area contributed by atoms with E-state index in [1.54, 1.807) is 0 Å². The van der Waals surface area contributed by atoms with E-state index in [1.165, 1.54) is 0 Å². The monoisotopic (exact) mass is 335 g/mol. The molecule has 0 radical (unpaired) electrons. The summed E-state index contributed by atoms with van der Waals surface area (Å²) in [5.41, 5.74) is 0. The van der Waals surface area contributed by atoms with Crippen LogP contribution in [-0.4, -0.2) is 57.9 Å². The molecule has 0 aliphatic rings. The van der Waals surface area contributed by atoms with Gasteiger partial charge in [0.15, 0.2) is 0 Å². The van der Waals surface area contributed by atoms with Crippen molar-refractivity contribution in [2.24, 2.45) is 5.92 Å². The summed E-state index contributed by atoms with van der Waals surface area (Å²) in [4.78, 5) is 22.8. The van der Waals surface area contributed by atoms with E-state index in [0.717, 1.165) is 0 Å². The van der Waals surface area contributed by atoms with Gasteiger partial charge in [-0.05, 0) is 5.92 Å². The second-order valence-corrected chi connectivity index (χ2v) is 5.50. The van der Waals surface area contributed by atoms with Gasteiger partial charge >= 0.3 is 0 Å². The Balaban J connectivity index is 3.31. The number of amides is 2. The summed E-state index contributed by atoms with van der Waals surface area (Å²) in [5.74, 6) is 0.362. The van der Waals surface area contributed by atoms with Crippen LogP contribution in [0.1, 0.15) is 26.7 Å². The van der Waals surface area contributed by atoms with Gasteiger partial charge in [-0.25, -0.2) is 0 Å². The molecular formula is C14H29N3O4S. The molecule has 8 heteroatoms. The van der Waals surface area contributed by atoms with Crippen molar-refractivity contribution in [1.82, 2.24) is 15.4 Å². The zero-order valence-corrected chi connectivity index (χ0v) is 14.4. The molecule has 0 heterocycles. The van der Waals surface area contributed by atoms with E-state index in [2.05, 4.69) is 28.2 Å². The van der Waals surface area contributed by atoms with E-state index >= 15 is 0 Å². The van der Waals surface area contributed by atoms with Crippen LogP contribution in [0.3, 0.4) is 0 Å². The van der Waals surface area contributed by atoms with Gasteiger partial charge in [-0.15, -0.1) is 0 Å². The Bertz CT molecular complexity index is 304. The number of hydrogen-bond acceptors (Lipinski definition) is 6. The first-order valence-corrected chi connectivity index (χ1v) is 8.06. The van der Waals surface area contributed by atoms with Crippen LogP contribution in [-0.2, 0) is 19.1 Å². The van der Waals surface area contributed by atoms with Crippen LogP contribution < -0.4 is 15.4 Å². The predicted molar refractivity (Wildman–Crippen MR) is 88.7 cm³/mol. The van der Waals surface area contributed by atoms with Gasteiger partial charge in [0.2, 0.25) is 11.8 Å². The highest BCUT2D eigenvalue weighted by molar-refractivity contribution is 7.78. The van der Waals surface area contributed by atoms with Crippen molar-refractivity contribution >= 4 is 24.6 Å². The quantitative estimate of drug-likeness (QED) is 0.268. The smallest absolute Gasteiger partial charge is 0.222 e. The highest BCUT2D eigenvalue weighted by atomic mass is 32.1. The Morgan fingerprint density at radius 3 is 2.00 bits per heavy atom.